The lowest BCUT2D eigenvalue weighted by Crippen LogP contribution is -2.18. The third-order valence-corrected chi connectivity index (χ3v) is 2.45. The van der Waals surface area contributed by atoms with E-state index < -0.39 is 0 Å². The van der Waals surface area contributed by atoms with Gasteiger partial charge >= 0.3 is 0 Å². The third kappa shape index (κ3) is 5.73. The highest BCUT2D eigenvalue weighted by Gasteiger charge is 1.94. The standard InChI is InChI=1S/C13H22N2O/c1-15(2)9-4-3-8-14-11-12-6-5-7-13(16)10-12/h5-7,10,14,16H,3-4,8-9,11H2,1-2H3. The van der Waals surface area contributed by atoms with E-state index in [4.69, 9.17) is 0 Å². The molecule has 0 saturated heterocycles. The molecule has 1 aromatic rings. The number of phenols is 1. The van der Waals surface area contributed by atoms with E-state index in [1.807, 2.05) is 12.1 Å². The first-order valence-electron chi connectivity index (χ1n) is 5.82. The van der Waals surface area contributed by atoms with Crippen molar-refractivity contribution in [2.45, 2.75) is 19.4 Å². The van der Waals surface area contributed by atoms with Crippen LogP contribution >= 0.6 is 0 Å². The molecular formula is C13H22N2O. The summed E-state index contributed by atoms with van der Waals surface area (Å²) >= 11 is 0. The van der Waals surface area contributed by atoms with Crippen LogP contribution in [0.4, 0.5) is 0 Å². The van der Waals surface area contributed by atoms with E-state index in [1.54, 1.807) is 12.1 Å². The highest BCUT2D eigenvalue weighted by Crippen LogP contribution is 2.10. The molecule has 0 bridgehead atoms. The fourth-order valence-corrected chi connectivity index (χ4v) is 1.58. The molecule has 3 nitrogen and oxygen atoms in total. The smallest absolute Gasteiger partial charge is 0.115 e. The monoisotopic (exact) mass is 222 g/mol. The molecule has 3 heteroatoms. The van der Waals surface area contributed by atoms with Gasteiger partial charge in [0.25, 0.3) is 0 Å². The summed E-state index contributed by atoms with van der Waals surface area (Å²) in [7, 11) is 4.19. The Labute approximate surface area is 98.1 Å². The van der Waals surface area contributed by atoms with Crippen LogP contribution in [0.25, 0.3) is 0 Å². The van der Waals surface area contributed by atoms with Gasteiger partial charge in [0.15, 0.2) is 0 Å². The first-order chi connectivity index (χ1) is 7.68. The van der Waals surface area contributed by atoms with Crippen molar-refractivity contribution in [1.29, 1.82) is 0 Å². The fourth-order valence-electron chi connectivity index (χ4n) is 1.58. The Morgan fingerprint density at radius 1 is 1.25 bits per heavy atom. The highest BCUT2D eigenvalue weighted by atomic mass is 16.3. The average Bonchev–Trinajstić information content (AvgIpc) is 2.23. The molecule has 0 aliphatic heterocycles. The fraction of sp³-hybridized carbons (Fsp3) is 0.538. The summed E-state index contributed by atoms with van der Waals surface area (Å²) in [5, 5.41) is 12.7. The maximum Gasteiger partial charge on any atom is 0.115 e. The number of phenolic OH excluding ortho intramolecular Hbond substituents is 1. The van der Waals surface area contributed by atoms with Gasteiger partial charge in [0.2, 0.25) is 0 Å². The lowest BCUT2D eigenvalue weighted by Gasteiger charge is -2.09. The Balaban J connectivity index is 2.07. The molecule has 90 valence electrons. The summed E-state index contributed by atoms with van der Waals surface area (Å²) in [6.07, 6.45) is 2.41. The summed E-state index contributed by atoms with van der Waals surface area (Å²) < 4.78 is 0. The Kier molecular flexibility index (Phi) is 5.90. The molecule has 0 spiro atoms. The topological polar surface area (TPSA) is 35.5 Å². The minimum Gasteiger partial charge on any atom is -0.508 e. The van der Waals surface area contributed by atoms with E-state index in [2.05, 4.69) is 24.3 Å². The molecule has 16 heavy (non-hydrogen) atoms. The minimum atomic E-state index is 0.340. The van der Waals surface area contributed by atoms with Crippen LogP contribution in [0.2, 0.25) is 0 Å². The second-order valence-corrected chi connectivity index (χ2v) is 4.36. The van der Waals surface area contributed by atoms with Crippen LogP contribution in [-0.4, -0.2) is 37.2 Å². The SMILES string of the molecule is CN(C)CCCCNCc1cccc(O)c1. The molecule has 2 N–H and O–H groups in total. The van der Waals surface area contributed by atoms with Gasteiger partial charge in [-0.25, -0.2) is 0 Å². The van der Waals surface area contributed by atoms with Crippen LogP contribution in [0.3, 0.4) is 0 Å². The Bertz CT molecular complexity index is 300. The van der Waals surface area contributed by atoms with Gasteiger partial charge in [0.1, 0.15) is 5.75 Å². The van der Waals surface area contributed by atoms with Gasteiger partial charge in [-0.1, -0.05) is 12.1 Å². The summed E-state index contributed by atoms with van der Waals surface area (Å²) in [5.74, 6) is 0.340. The van der Waals surface area contributed by atoms with Gasteiger partial charge < -0.3 is 15.3 Å². The molecule has 0 unspecified atom stereocenters. The van der Waals surface area contributed by atoms with Gasteiger partial charge in [-0.3, -0.25) is 0 Å². The second-order valence-electron chi connectivity index (χ2n) is 4.36. The van der Waals surface area contributed by atoms with Crippen molar-refractivity contribution >= 4 is 0 Å². The number of nitrogens with zero attached hydrogens (tertiary/aromatic N) is 1. The number of unbranched alkanes of at least 4 members (excludes halogenated alkanes) is 1. The molecule has 0 amide bonds. The van der Waals surface area contributed by atoms with Crippen LogP contribution < -0.4 is 5.32 Å². The summed E-state index contributed by atoms with van der Waals surface area (Å²) in [4.78, 5) is 2.20. The van der Waals surface area contributed by atoms with Crippen LogP contribution in [-0.2, 0) is 6.54 Å². The van der Waals surface area contributed by atoms with Crippen LogP contribution in [0.5, 0.6) is 5.75 Å². The molecule has 1 aromatic carbocycles. The van der Waals surface area contributed by atoms with E-state index in [-0.39, 0.29) is 0 Å². The number of benzene rings is 1. The summed E-state index contributed by atoms with van der Waals surface area (Å²) in [5.41, 5.74) is 1.13. The van der Waals surface area contributed by atoms with Crippen molar-refractivity contribution in [2.75, 3.05) is 27.2 Å². The number of rotatable bonds is 7. The van der Waals surface area contributed by atoms with E-state index >= 15 is 0 Å². The van der Waals surface area contributed by atoms with Crippen molar-refractivity contribution in [3.8, 4) is 5.75 Å². The predicted octanol–water partition coefficient (Wildman–Crippen LogP) is 1.82. The van der Waals surface area contributed by atoms with Crippen molar-refractivity contribution in [1.82, 2.24) is 10.2 Å². The second kappa shape index (κ2) is 7.25. The third-order valence-electron chi connectivity index (χ3n) is 2.45. The summed E-state index contributed by atoms with van der Waals surface area (Å²) in [6, 6.07) is 7.39. The molecule has 0 aliphatic rings. The number of nitrogens with one attached hydrogen (secondary N) is 1. The molecule has 0 aliphatic carbocycles. The van der Waals surface area contributed by atoms with Crippen molar-refractivity contribution in [3.05, 3.63) is 29.8 Å². The van der Waals surface area contributed by atoms with E-state index in [1.165, 1.54) is 12.8 Å². The highest BCUT2D eigenvalue weighted by molar-refractivity contribution is 5.26. The van der Waals surface area contributed by atoms with Crippen molar-refractivity contribution in [2.24, 2.45) is 0 Å². The van der Waals surface area contributed by atoms with E-state index in [0.717, 1.165) is 25.2 Å². The van der Waals surface area contributed by atoms with Crippen LogP contribution in [0.15, 0.2) is 24.3 Å². The molecule has 1 rings (SSSR count). The molecular weight excluding hydrogens is 200 g/mol. The normalized spacial score (nSPS) is 10.9. The number of hydrogen-bond acceptors (Lipinski definition) is 3. The zero-order chi connectivity index (χ0) is 11.8. The lowest BCUT2D eigenvalue weighted by molar-refractivity contribution is 0.391. The number of aromatic hydroxyl groups is 1. The molecule has 0 heterocycles. The lowest BCUT2D eigenvalue weighted by atomic mass is 10.2. The molecule has 0 aromatic heterocycles. The van der Waals surface area contributed by atoms with E-state index in [9.17, 15) is 5.11 Å². The number of hydrogen-bond donors (Lipinski definition) is 2. The quantitative estimate of drug-likeness (QED) is 0.691. The largest absolute Gasteiger partial charge is 0.508 e. The Morgan fingerprint density at radius 3 is 2.75 bits per heavy atom. The van der Waals surface area contributed by atoms with E-state index in [0.29, 0.717) is 5.75 Å². The maximum atomic E-state index is 9.28. The van der Waals surface area contributed by atoms with Crippen LogP contribution in [0, 0.1) is 0 Å². The van der Waals surface area contributed by atoms with Gasteiger partial charge in [0, 0.05) is 6.54 Å². The first-order valence-corrected chi connectivity index (χ1v) is 5.82. The zero-order valence-corrected chi connectivity index (χ0v) is 10.2. The molecule has 0 saturated carbocycles. The van der Waals surface area contributed by atoms with Crippen LogP contribution in [0.1, 0.15) is 18.4 Å². The van der Waals surface area contributed by atoms with Gasteiger partial charge in [-0.2, -0.15) is 0 Å². The van der Waals surface area contributed by atoms with Gasteiger partial charge in [0.05, 0.1) is 0 Å². The van der Waals surface area contributed by atoms with Crippen molar-refractivity contribution in [3.63, 3.8) is 0 Å². The average molecular weight is 222 g/mol. The predicted molar refractivity (Wildman–Crippen MR) is 67.6 cm³/mol. The van der Waals surface area contributed by atoms with Gasteiger partial charge in [-0.05, 0) is 57.7 Å². The first kappa shape index (κ1) is 13.0. The van der Waals surface area contributed by atoms with Gasteiger partial charge in [-0.15, -0.1) is 0 Å². The Morgan fingerprint density at radius 2 is 2.06 bits per heavy atom. The maximum absolute atomic E-state index is 9.28. The van der Waals surface area contributed by atoms with Crippen molar-refractivity contribution < 1.29 is 5.11 Å². The Hall–Kier alpha value is -1.06. The zero-order valence-electron chi connectivity index (χ0n) is 10.2. The summed E-state index contributed by atoms with van der Waals surface area (Å²) in [6.45, 7) is 3.01. The minimum absolute atomic E-state index is 0.340. The molecule has 0 atom stereocenters. The molecule has 0 fully saturated rings. The molecule has 0 radical (unpaired) electrons.